The Morgan fingerprint density at radius 1 is 1.16 bits per heavy atom. The number of carbonyl (C=O) groups is 3. The van der Waals surface area contributed by atoms with Crippen molar-refractivity contribution in [3.8, 4) is 0 Å². The lowest BCUT2D eigenvalue weighted by molar-refractivity contribution is -0.148. The summed E-state index contributed by atoms with van der Waals surface area (Å²) in [4.78, 5) is 33.5. The molecular formula is C11H21N3O5. The second kappa shape index (κ2) is 7.82. The number of Topliss-reactive ketones (excluding diaryl/α,β-unsaturated/α-hetero) is 1. The molecule has 0 aromatic rings. The largest absolute Gasteiger partial charge is 0.480 e. The van der Waals surface area contributed by atoms with Crippen molar-refractivity contribution in [1.82, 2.24) is 0 Å². The zero-order chi connectivity index (χ0) is 15.1. The van der Waals surface area contributed by atoms with E-state index in [9.17, 15) is 14.4 Å². The van der Waals surface area contributed by atoms with Crippen molar-refractivity contribution < 1.29 is 24.6 Å². The second-order valence-corrected chi connectivity index (χ2v) is 4.43. The molecule has 0 radical (unpaired) electrons. The number of unbranched alkanes of at least 4 members (excludes halogenated alkanes) is 1. The average Bonchev–Trinajstić information content (AvgIpc) is 2.34. The molecule has 0 aliphatic carbocycles. The van der Waals surface area contributed by atoms with Gasteiger partial charge in [-0.2, -0.15) is 0 Å². The summed E-state index contributed by atoms with van der Waals surface area (Å²) in [5.41, 5.74) is 14.2. The van der Waals surface area contributed by atoms with E-state index >= 15 is 0 Å². The zero-order valence-electron chi connectivity index (χ0n) is 10.7. The smallest absolute Gasteiger partial charge is 0.331 e. The first-order chi connectivity index (χ1) is 8.75. The molecule has 0 bridgehead atoms. The lowest BCUT2D eigenvalue weighted by atomic mass is 9.86. The Kier molecular flexibility index (Phi) is 7.20. The number of hydrogen-bond donors (Lipinski definition) is 5. The van der Waals surface area contributed by atoms with Gasteiger partial charge in [-0.3, -0.25) is 9.59 Å². The van der Waals surface area contributed by atoms with Gasteiger partial charge in [-0.15, -0.1) is 0 Å². The van der Waals surface area contributed by atoms with Gasteiger partial charge in [-0.05, 0) is 32.2 Å². The zero-order valence-corrected chi connectivity index (χ0v) is 10.7. The third-order valence-corrected chi connectivity index (χ3v) is 2.90. The summed E-state index contributed by atoms with van der Waals surface area (Å²) in [5.74, 6) is -3.37. The highest BCUT2D eigenvalue weighted by Gasteiger charge is 2.40. The number of hydrogen-bond acceptors (Lipinski definition) is 6. The van der Waals surface area contributed by atoms with Crippen molar-refractivity contribution in [3.05, 3.63) is 0 Å². The molecule has 0 unspecified atom stereocenters. The average molecular weight is 275 g/mol. The molecule has 8 nitrogen and oxygen atoms in total. The minimum Gasteiger partial charge on any atom is -0.480 e. The summed E-state index contributed by atoms with van der Waals surface area (Å²) in [5, 5.41) is 17.6. The van der Waals surface area contributed by atoms with Crippen LogP contribution in [0.25, 0.3) is 0 Å². The Bertz CT molecular complexity index is 347. The van der Waals surface area contributed by atoms with E-state index in [1.165, 1.54) is 0 Å². The van der Waals surface area contributed by atoms with E-state index in [-0.39, 0.29) is 19.3 Å². The Balaban J connectivity index is 4.56. The quantitative estimate of drug-likeness (QED) is 0.241. The van der Waals surface area contributed by atoms with Crippen LogP contribution in [-0.2, 0) is 14.4 Å². The number of rotatable bonds is 10. The summed E-state index contributed by atoms with van der Waals surface area (Å²) >= 11 is 0. The van der Waals surface area contributed by atoms with Gasteiger partial charge in [-0.1, -0.05) is 0 Å². The molecule has 0 saturated carbocycles. The maximum absolute atomic E-state index is 11.8. The van der Waals surface area contributed by atoms with E-state index in [0.717, 1.165) is 0 Å². The Morgan fingerprint density at radius 2 is 1.74 bits per heavy atom. The molecule has 0 fully saturated rings. The van der Waals surface area contributed by atoms with Crippen LogP contribution in [0, 0.1) is 0 Å². The molecule has 8 N–H and O–H groups in total. The number of carboxylic acid groups (broad SMARTS) is 2. The van der Waals surface area contributed by atoms with Crippen molar-refractivity contribution in [3.63, 3.8) is 0 Å². The molecule has 0 saturated heterocycles. The summed E-state index contributed by atoms with van der Waals surface area (Å²) in [6.07, 6.45) is 0.529. The predicted molar refractivity (Wildman–Crippen MR) is 67.3 cm³/mol. The minimum atomic E-state index is -1.99. The third-order valence-electron chi connectivity index (χ3n) is 2.90. The summed E-state index contributed by atoms with van der Waals surface area (Å²) in [6.45, 7) is 0.383. The SMILES string of the molecule is NCCCC[C@](N)(C(=O)O)C(=O)CC[C@H](N)C(=O)O. The van der Waals surface area contributed by atoms with Crippen LogP contribution in [0.5, 0.6) is 0 Å². The highest BCUT2D eigenvalue weighted by Crippen LogP contribution is 2.16. The van der Waals surface area contributed by atoms with Crippen molar-refractivity contribution in [1.29, 1.82) is 0 Å². The van der Waals surface area contributed by atoms with Gasteiger partial charge >= 0.3 is 11.9 Å². The van der Waals surface area contributed by atoms with Crippen molar-refractivity contribution in [2.45, 2.75) is 43.7 Å². The first kappa shape index (κ1) is 17.5. The highest BCUT2D eigenvalue weighted by molar-refractivity contribution is 6.07. The fourth-order valence-electron chi connectivity index (χ4n) is 1.55. The van der Waals surface area contributed by atoms with E-state index in [1.54, 1.807) is 0 Å². The predicted octanol–water partition coefficient (Wildman–Crippen LogP) is -1.34. The van der Waals surface area contributed by atoms with Gasteiger partial charge in [-0.25, -0.2) is 4.79 Å². The molecule has 0 aromatic carbocycles. The van der Waals surface area contributed by atoms with Gasteiger partial charge in [0.05, 0.1) is 0 Å². The lowest BCUT2D eigenvalue weighted by Gasteiger charge is -2.23. The number of aliphatic carboxylic acids is 2. The van der Waals surface area contributed by atoms with Gasteiger partial charge in [0, 0.05) is 6.42 Å². The summed E-state index contributed by atoms with van der Waals surface area (Å²) < 4.78 is 0. The first-order valence-corrected chi connectivity index (χ1v) is 5.99. The van der Waals surface area contributed by atoms with Crippen molar-refractivity contribution in [2.24, 2.45) is 17.2 Å². The van der Waals surface area contributed by atoms with Gasteiger partial charge in [0.25, 0.3) is 0 Å². The van der Waals surface area contributed by atoms with Crippen LogP contribution < -0.4 is 17.2 Å². The molecule has 0 rings (SSSR count). The van der Waals surface area contributed by atoms with Crippen LogP contribution in [-0.4, -0.2) is 46.1 Å². The molecule has 0 aromatic heterocycles. The number of carbonyl (C=O) groups excluding carboxylic acids is 1. The van der Waals surface area contributed by atoms with E-state index < -0.39 is 29.3 Å². The van der Waals surface area contributed by atoms with Crippen LogP contribution in [0.15, 0.2) is 0 Å². The number of carboxylic acids is 2. The molecule has 0 aliphatic heterocycles. The van der Waals surface area contributed by atoms with E-state index in [4.69, 9.17) is 27.4 Å². The van der Waals surface area contributed by atoms with Gasteiger partial charge in [0.15, 0.2) is 11.3 Å². The molecular weight excluding hydrogens is 254 g/mol. The first-order valence-electron chi connectivity index (χ1n) is 5.99. The fourth-order valence-corrected chi connectivity index (χ4v) is 1.55. The topological polar surface area (TPSA) is 170 Å². The van der Waals surface area contributed by atoms with E-state index in [1.807, 2.05) is 0 Å². The Morgan fingerprint density at radius 3 is 2.16 bits per heavy atom. The maximum Gasteiger partial charge on any atom is 0.331 e. The fraction of sp³-hybridized carbons (Fsp3) is 0.727. The van der Waals surface area contributed by atoms with Crippen LogP contribution in [0.3, 0.4) is 0 Å². The van der Waals surface area contributed by atoms with Gasteiger partial charge < -0.3 is 27.4 Å². The minimum absolute atomic E-state index is 0.0271. The normalized spacial score (nSPS) is 15.5. The van der Waals surface area contributed by atoms with E-state index in [0.29, 0.717) is 19.4 Å². The number of ketones is 1. The summed E-state index contributed by atoms with van der Waals surface area (Å²) in [6, 6.07) is -1.20. The second-order valence-electron chi connectivity index (χ2n) is 4.43. The Hall–Kier alpha value is -1.51. The molecule has 0 amide bonds. The Labute approximate surface area is 110 Å². The van der Waals surface area contributed by atoms with Crippen LogP contribution in [0.2, 0.25) is 0 Å². The molecule has 110 valence electrons. The molecule has 0 heterocycles. The monoisotopic (exact) mass is 275 g/mol. The highest BCUT2D eigenvalue weighted by atomic mass is 16.4. The van der Waals surface area contributed by atoms with Gasteiger partial charge in [0.1, 0.15) is 6.04 Å². The van der Waals surface area contributed by atoms with Crippen LogP contribution >= 0.6 is 0 Å². The molecule has 0 spiro atoms. The number of nitrogens with two attached hydrogens (primary N) is 3. The molecule has 0 aliphatic rings. The van der Waals surface area contributed by atoms with E-state index in [2.05, 4.69) is 0 Å². The summed E-state index contributed by atoms with van der Waals surface area (Å²) in [7, 11) is 0. The standard InChI is InChI=1S/C11H21N3O5/c12-6-2-1-5-11(14,10(18)19)8(15)4-3-7(13)9(16)17/h7H,1-6,12-14H2,(H,16,17)(H,18,19)/t7-,11+/m0/s1. The molecule has 2 atom stereocenters. The molecule has 19 heavy (non-hydrogen) atoms. The lowest BCUT2D eigenvalue weighted by Crippen LogP contribution is -2.55. The van der Waals surface area contributed by atoms with Crippen LogP contribution in [0.4, 0.5) is 0 Å². The maximum atomic E-state index is 11.8. The van der Waals surface area contributed by atoms with Crippen molar-refractivity contribution in [2.75, 3.05) is 6.54 Å². The molecule has 8 heteroatoms. The third kappa shape index (κ3) is 5.33. The van der Waals surface area contributed by atoms with Crippen LogP contribution in [0.1, 0.15) is 32.1 Å². The van der Waals surface area contributed by atoms with Gasteiger partial charge in [0.2, 0.25) is 0 Å². The van der Waals surface area contributed by atoms with Crippen molar-refractivity contribution >= 4 is 17.7 Å².